The maximum absolute atomic E-state index is 12.4. The third-order valence-electron chi connectivity index (χ3n) is 7.75. The van der Waals surface area contributed by atoms with E-state index in [1.165, 1.54) is 6.33 Å². The van der Waals surface area contributed by atoms with Gasteiger partial charge in [0.25, 0.3) is 0 Å². The summed E-state index contributed by atoms with van der Waals surface area (Å²) in [4.78, 5) is 23.3. The van der Waals surface area contributed by atoms with Crippen LogP contribution in [0.1, 0.15) is 37.9 Å². The van der Waals surface area contributed by atoms with Gasteiger partial charge in [-0.1, -0.05) is 42.8 Å². The number of likely N-dealkylation sites (tertiary alicyclic amines) is 1. The van der Waals surface area contributed by atoms with Gasteiger partial charge < -0.3 is 24.7 Å². The zero-order chi connectivity index (χ0) is 28.3. The van der Waals surface area contributed by atoms with Crippen LogP contribution in [-0.4, -0.2) is 51.6 Å². The van der Waals surface area contributed by atoms with Crippen LogP contribution >= 0.6 is 0 Å². The fourth-order valence-electron chi connectivity index (χ4n) is 5.62. The number of nitrogens with zero attached hydrogens (tertiary/aromatic N) is 4. The normalized spacial score (nSPS) is 17.3. The number of rotatable bonds is 5. The third-order valence-corrected chi connectivity index (χ3v) is 7.75. The second kappa shape index (κ2) is 11.5. The van der Waals surface area contributed by atoms with Gasteiger partial charge in [-0.05, 0) is 61.9 Å². The molecule has 41 heavy (non-hydrogen) atoms. The first kappa shape index (κ1) is 26.6. The Labute approximate surface area is 239 Å². The summed E-state index contributed by atoms with van der Waals surface area (Å²) in [5.74, 6) is 9.21. The Morgan fingerprint density at radius 1 is 1.05 bits per heavy atom. The van der Waals surface area contributed by atoms with E-state index in [2.05, 4.69) is 33.0 Å². The highest BCUT2D eigenvalue weighted by atomic mass is 16.5. The molecule has 4 aromatic rings. The molecular weight excluding hydrogens is 514 g/mol. The number of hydrogen-bond donors (Lipinski definition) is 1. The van der Waals surface area contributed by atoms with Gasteiger partial charge in [0.2, 0.25) is 5.91 Å². The molecule has 8 heteroatoms. The summed E-state index contributed by atoms with van der Waals surface area (Å²) in [7, 11) is 0. The minimum atomic E-state index is 0.0220. The van der Waals surface area contributed by atoms with Crippen LogP contribution in [0.25, 0.3) is 22.2 Å². The molecule has 0 aliphatic carbocycles. The lowest BCUT2D eigenvalue weighted by Crippen LogP contribution is -2.38. The number of nitrogen functional groups attached to an aromatic ring is 1. The van der Waals surface area contributed by atoms with Gasteiger partial charge in [0.05, 0.1) is 18.0 Å². The van der Waals surface area contributed by atoms with Crippen molar-refractivity contribution in [3.63, 3.8) is 0 Å². The number of ether oxygens (including phenoxy) is 2. The number of anilines is 1. The summed E-state index contributed by atoms with van der Waals surface area (Å²) in [6.07, 6.45) is 4.02. The van der Waals surface area contributed by atoms with Gasteiger partial charge in [-0.15, -0.1) is 0 Å². The van der Waals surface area contributed by atoms with E-state index >= 15 is 0 Å². The first-order chi connectivity index (χ1) is 20.0. The molecule has 2 N–H and O–H groups in total. The second-order valence-corrected chi connectivity index (χ2v) is 10.6. The molecule has 4 heterocycles. The van der Waals surface area contributed by atoms with Gasteiger partial charge in [-0.2, -0.15) is 0 Å². The molecule has 2 aromatic carbocycles. The van der Waals surface area contributed by atoms with Crippen molar-refractivity contribution in [2.75, 3.05) is 32.0 Å². The van der Waals surface area contributed by atoms with Crippen molar-refractivity contribution in [3.05, 3.63) is 78.8 Å². The number of carbonyl (C=O) groups is 1. The van der Waals surface area contributed by atoms with Crippen LogP contribution < -0.4 is 10.5 Å². The number of nitrogens with two attached hydrogens (primary N) is 1. The SMILES string of the molecule is C=C(C)C(=O)N1CCC(C#Cc2c(-c3ccc(Oc4ccccc4)cc3)c3c(N)ncnc3n2[C@@H]2CCOC2)CC1. The minimum absolute atomic E-state index is 0.0220. The summed E-state index contributed by atoms with van der Waals surface area (Å²) in [6, 6.07) is 17.8. The Hall–Kier alpha value is -4.61. The first-order valence-corrected chi connectivity index (χ1v) is 14.0. The van der Waals surface area contributed by atoms with Gasteiger partial charge in [0.15, 0.2) is 0 Å². The Morgan fingerprint density at radius 2 is 1.78 bits per heavy atom. The monoisotopic (exact) mass is 547 g/mol. The molecule has 8 nitrogen and oxygen atoms in total. The van der Waals surface area contributed by atoms with Gasteiger partial charge in [0.1, 0.15) is 35.0 Å². The number of benzene rings is 2. The van der Waals surface area contributed by atoms with Crippen molar-refractivity contribution in [1.29, 1.82) is 0 Å². The summed E-state index contributed by atoms with van der Waals surface area (Å²) in [5, 5.41) is 0.794. The number of hydrogen-bond acceptors (Lipinski definition) is 6. The van der Waals surface area contributed by atoms with E-state index in [0.29, 0.717) is 37.7 Å². The minimum Gasteiger partial charge on any atom is -0.457 e. The smallest absolute Gasteiger partial charge is 0.248 e. The van der Waals surface area contributed by atoms with E-state index in [4.69, 9.17) is 15.2 Å². The molecule has 0 radical (unpaired) electrons. The van der Waals surface area contributed by atoms with Crippen molar-refractivity contribution in [1.82, 2.24) is 19.4 Å². The van der Waals surface area contributed by atoms with Gasteiger partial charge in [-0.25, -0.2) is 9.97 Å². The highest BCUT2D eigenvalue weighted by molar-refractivity contribution is 6.03. The summed E-state index contributed by atoms with van der Waals surface area (Å²) in [5.41, 5.74) is 10.6. The van der Waals surface area contributed by atoms with Gasteiger partial charge in [0, 0.05) is 36.8 Å². The number of aromatic nitrogens is 3. The fourth-order valence-corrected chi connectivity index (χ4v) is 5.62. The zero-order valence-corrected chi connectivity index (χ0v) is 23.2. The fraction of sp³-hybridized carbons (Fsp3) is 0.303. The van der Waals surface area contributed by atoms with Crippen molar-refractivity contribution in [3.8, 4) is 34.5 Å². The van der Waals surface area contributed by atoms with Crippen LogP contribution in [0.15, 0.2) is 73.1 Å². The van der Waals surface area contributed by atoms with Crippen molar-refractivity contribution in [2.45, 2.75) is 32.2 Å². The molecule has 6 rings (SSSR count). The van der Waals surface area contributed by atoms with E-state index in [1.54, 1.807) is 6.92 Å². The lowest BCUT2D eigenvalue weighted by atomic mass is 9.96. The number of fused-ring (bicyclic) bond motifs is 1. The van der Waals surface area contributed by atoms with Gasteiger partial charge in [-0.3, -0.25) is 4.79 Å². The number of para-hydroxylation sites is 1. The quantitative estimate of drug-likeness (QED) is 0.258. The average Bonchev–Trinajstić information content (AvgIpc) is 3.64. The van der Waals surface area contributed by atoms with E-state index in [1.807, 2.05) is 59.5 Å². The summed E-state index contributed by atoms with van der Waals surface area (Å²) >= 11 is 0. The summed E-state index contributed by atoms with van der Waals surface area (Å²) in [6.45, 7) is 8.20. The molecule has 0 unspecified atom stereocenters. The Balaban J connectivity index is 1.40. The van der Waals surface area contributed by atoms with Crippen LogP contribution in [0.2, 0.25) is 0 Å². The predicted octanol–water partition coefficient (Wildman–Crippen LogP) is 5.60. The standard InChI is InChI=1S/C33H33N5O3/c1-22(2)33(39)37-17-14-23(15-18-37)8-13-28-29(24-9-11-27(12-10-24)41-26-6-4-3-5-7-26)30-31(34)35-21-36-32(30)38(28)25-16-19-40-20-25/h3-7,9-12,21,23,25H,1,14-20H2,2H3,(H2,34,35,36)/t25-/m1/s1. The van der Waals surface area contributed by atoms with Crippen LogP contribution in [0.5, 0.6) is 11.5 Å². The molecule has 2 saturated heterocycles. The molecule has 0 bridgehead atoms. The molecule has 1 atom stereocenters. The van der Waals surface area contributed by atoms with E-state index in [9.17, 15) is 4.79 Å². The largest absolute Gasteiger partial charge is 0.457 e. The van der Waals surface area contributed by atoms with Gasteiger partial charge >= 0.3 is 0 Å². The Bertz CT molecular complexity index is 1640. The third kappa shape index (κ3) is 5.41. The van der Waals surface area contributed by atoms with Crippen LogP contribution in [0.4, 0.5) is 5.82 Å². The molecule has 0 spiro atoms. The molecule has 2 aromatic heterocycles. The predicted molar refractivity (Wildman–Crippen MR) is 159 cm³/mol. The lowest BCUT2D eigenvalue weighted by molar-refractivity contribution is -0.128. The number of amides is 1. The van der Waals surface area contributed by atoms with E-state index in [-0.39, 0.29) is 17.9 Å². The van der Waals surface area contributed by atoms with Crippen molar-refractivity contribution in [2.24, 2.45) is 5.92 Å². The Morgan fingerprint density at radius 3 is 2.46 bits per heavy atom. The number of piperidine rings is 1. The van der Waals surface area contributed by atoms with Crippen molar-refractivity contribution >= 4 is 22.8 Å². The lowest BCUT2D eigenvalue weighted by Gasteiger charge is -2.30. The topological polar surface area (TPSA) is 95.5 Å². The zero-order valence-electron chi connectivity index (χ0n) is 23.2. The summed E-state index contributed by atoms with van der Waals surface area (Å²) < 4.78 is 14.0. The molecule has 0 saturated carbocycles. The highest BCUT2D eigenvalue weighted by Crippen LogP contribution is 2.40. The second-order valence-electron chi connectivity index (χ2n) is 10.6. The number of carbonyl (C=O) groups excluding carboxylic acids is 1. The van der Waals surface area contributed by atoms with E-state index < -0.39 is 0 Å². The highest BCUT2D eigenvalue weighted by Gasteiger charge is 2.28. The maximum Gasteiger partial charge on any atom is 0.248 e. The molecule has 1 amide bonds. The average molecular weight is 548 g/mol. The molecular formula is C33H33N5O3. The Kier molecular flexibility index (Phi) is 7.45. The molecule has 2 fully saturated rings. The first-order valence-electron chi connectivity index (χ1n) is 14.0. The maximum atomic E-state index is 12.4. The molecule has 2 aliphatic rings. The van der Waals surface area contributed by atoms with E-state index in [0.717, 1.165) is 58.6 Å². The van der Waals surface area contributed by atoms with Crippen LogP contribution in [0, 0.1) is 17.8 Å². The van der Waals surface area contributed by atoms with Crippen LogP contribution in [-0.2, 0) is 9.53 Å². The van der Waals surface area contributed by atoms with Crippen molar-refractivity contribution < 1.29 is 14.3 Å². The molecule has 208 valence electrons. The van der Waals surface area contributed by atoms with Crippen LogP contribution in [0.3, 0.4) is 0 Å². The molecule has 2 aliphatic heterocycles.